The first-order chi connectivity index (χ1) is 8.56. The highest BCUT2D eigenvalue weighted by Crippen LogP contribution is 2.19. The van der Waals surface area contributed by atoms with Crippen LogP contribution < -0.4 is 0 Å². The molecule has 0 bridgehead atoms. The molecule has 1 heterocycles. The molecule has 0 fully saturated rings. The second kappa shape index (κ2) is 5.30. The van der Waals surface area contributed by atoms with Gasteiger partial charge in [0.2, 0.25) is 0 Å². The Kier molecular flexibility index (Phi) is 3.76. The topological polar surface area (TPSA) is 34.9 Å². The fraction of sp³-hybridized carbons (Fsp3) is 0.167. The molecule has 0 radical (unpaired) electrons. The van der Waals surface area contributed by atoms with Crippen molar-refractivity contribution in [1.29, 1.82) is 0 Å². The first kappa shape index (κ1) is 12.8. The van der Waals surface area contributed by atoms with Crippen molar-refractivity contribution in [3.05, 3.63) is 47.8 Å². The monoisotopic (exact) mass is 268 g/mol. The lowest BCUT2D eigenvalue weighted by Gasteiger charge is -2.01. The molecule has 0 unspecified atom stereocenters. The van der Waals surface area contributed by atoms with Gasteiger partial charge in [0.1, 0.15) is 11.6 Å². The number of hydrogen-bond donors (Lipinski definition) is 0. The molecule has 0 saturated carbocycles. The van der Waals surface area contributed by atoms with Crippen molar-refractivity contribution in [1.82, 2.24) is 9.78 Å². The van der Waals surface area contributed by atoms with Gasteiger partial charge in [0.25, 0.3) is 0 Å². The van der Waals surface area contributed by atoms with E-state index in [1.807, 2.05) is 0 Å². The summed E-state index contributed by atoms with van der Waals surface area (Å²) in [6.45, 7) is 0. The summed E-state index contributed by atoms with van der Waals surface area (Å²) in [6, 6.07) is 2.95. The van der Waals surface area contributed by atoms with Crippen molar-refractivity contribution >= 4 is 17.5 Å². The number of Topliss-reactive ketones (excluding diaryl/α,β-unsaturated/α-hetero) is 1. The molecule has 0 atom stereocenters. The zero-order valence-corrected chi connectivity index (χ0v) is 10.4. The highest BCUT2D eigenvalue weighted by molar-refractivity contribution is 8.00. The fourth-order valence-electron chi connectivity index (χ4n) is 1.42. The minimum absolute atomic E-state index is 0.0900. The molecule has 0 aliphatic rings. The van der Waals surface area contributed by atoms with Gasteiger partial charge < -0.3 is 0 Å². The molecule has 0 spiro atoms. The van der Waals surface area contributed by atoms with E-state index in [9.17, 15) is 13.6 Å². The van der Waals surface area contributed by atoms with E-state index in [0.29, 0.717) is 6.07 Å². The SMILES string of the molecule is Cn1cc(SCC(=O)c2ccc(F)cc2F)cn1. The number of hydrogen-bond acceptors (Lipinski definition) is 3. The van der Waals surface area contributed by atoms with Gasteiger partial charge in [0.15, 0.2) is 5.78 Å². The Morgan fingerprint density at radius 2 is 2.22 bits per heavy atom. The molecule has 0 aliphatic carbocycles. The van der Waals surface area contributed by atoms with Crippen LogP contribution in [0.4, 0.5) is 8.78 Å². The van der Waals surface area contributed by atoms with Gasteiger partial charge in [0, 0.05) is 24.2 Å². The number of carbonyl (C=O) groups excluding carboxylic acids is 1. The number of benzene rings is 1. The lowest BCUT2D eigenvalue weighted by molar-refractivity contribution is 0.101. The fourth-order valence-corrected chi connectivity index (χ4v) is 2.22. The smallest absolute Gasteiger partial charge is 0.176 e. The average molecular weight is 268 g/mol. The van der Waals surface area contributed by atoms with Gasteiger partial charge in [-0.2, -0.15) is 5.10 Å². The van der Waals surface area contributed by atoms with Gasteiger partial charge in [-0.25, -0.2) is 8.78 Å². The van der Waals surface area contributed by atoms with E-state index in [1.54, 1.807) is 24.1 Å². The highest BCUT2D eigenvalue weighted by atomic mass is 32.2. The predicted molar refractivity (Wildman–Crippen MR) is 64.6 cm³/mol. The highest BCUT2D eigenvalue weighted by Gasteiger charge is 2.13. The van der Waals surface area contributed by atoms with Gasteiger partial charge in [-0.1, -0.05) is 0 Å². The minimum atomic E-state index is -0.827. The Balaban J connectivity index is 2.03. The number of ketones is 1. The van der Waals surface area contributed by atoms with Crippen LogP contribution in [0.1, 0.15) is 10.4 Å². The lowest BCUT2D eigenvalue weighted by atomic mass is 10.1. The van der Waals surface area contributed by atoms with E-state index >= 15 is 0 Å². The van der Waals surface area contributed by atoms with Gasteiger partial charge in [-0.05, 0) is 12.1 Å². The molecule has 1 aromatic heterocycles. The summed E-state index contributed by atoms with van der Waals surface area (Å²) in [7, 11) is 1.77. The van der Waals surface area contributed by atoms with Crippen LogP contribution in [0.2, 0.25) is 0 Å². The van der Waals surface area contributed by atoms with Crippen LogP contribution in [-0.2, 0) is 7.05 Å². The number of carbonyl (C=O) groups is 1. The first-order valence-corrected chi connectivity index (χ1v) is 6.14. The molecule has 3 nitrogen and oxygen atoms in total. The molecule has 6 heteroatoms. The maximum Gasteiger partial charge on any atom is 0.176 e. The van der Waals surface area contributed by atoms with Crippen LogP contribution in [0.25, 0.3) is 0 Å². The number of halogens is 2. The van der Waals surface area contributed by atoms with E-state index in [0.717, 1.165) is 17.0 Å². The Labute approximate surface area is 107 Å². The lowest BCUT2D eigenvalue weighted by Crippen LogP contribution is -2.05. The Morgan fingerprint density at radius 3 is 2.83 bits per heavy atom. The third kappa shape index (κ3) is 2.95. The van der Waals surface area contributed by atoms with Gasteiger partial charge in [-0.3, -0.25) is 9.48 Å². The molecule has 1 aromatic carbocycles. The van der Waals surface area contributed by atoms with Crippen LogP contribution >= 0.6 is 11.8 Å². The van der Waals surface area contributed by atoms with Crippen molar-refractivity contribution in [3.63, 3.8) is 0 Å². The Morgan fingerprint density at radius 1 is 1.44 bits per heavy atom. The summed E-state index contributed by atoms with van der Waals surface area (Å²) < 4.78 is 27.7. The van der Waals surface area contributed by atoms with Gasteiger partial charge in [-0.15, -0.1) is 11.8 Å². The number of thioether (sulfide) groups is 1. The summed E-state index contributed by atoms with van der Waals surface area (Å²) in [6.07, 6.45) is 3.39. The number of nitrogens with zero attached hydrogens (tertiary/aromatic N) is 2. The molecular formula is C12H10F2N2OS. The molecule has 0 aliphatic heterocycles. The van der Waals surface area contributed by atoms with Crippen LogP contribution in [0.3, 0.4) is 0 Å². The second-order valence-electron chi connectivity index (χ2n) is 3.69. The van der Waals surface area contributed by atoms with Crippen LogP contribution in [0.15, 0.2) is 35.5 Å². The van der Waals surface area contributed by atoms with E-state index in [2.05, 4.69) is 5.10 Å². The van der Waals surface area contributed by atoms with E-state index in [4.69, 9.17) is 0 Å². The predicted octanol–water partition coefficient (Wildman–Crippen LogP) is 2.67. The maximum absolute atomic E-state index is 13.3. The van der Waals surface area contributed by atoms with Crippen LogP contribution in [-0.4, -0.2) is 21.3 Å². The molecule has 18 heavy (non-hydrogen) atoms. The zero-order valence-electron chi connectivity index (χ0n) is 9.56. The van der Waals surface area contributed by atoms with Crippen molar-refractivity contribution < 1.29 is 13.6 Å². The molecule has 94 valence electrons. The summed E-state index contributed by atoms with van der Waals surface area (Å²) in [5, 5.41) is 3.96. The quantitative estimate of drug-likeness (QED) is 0.631. The van der Waals surface area contributed by atoms with Crippen molar-refractivity contribution in [2.24, 2.45) is 7.05 Å². The molecule has 2 rings (SSSR count). The number of rotatable bonds is 4. The zero-order chi connectivity index (χ0) is 13.1. The Hall–Kier alpha value is -1.69. The largest absolute Gasteiger partial charge is 0.293 e. The Bertz CT molecular complexity index is 583. The number of aryl methyl sites for hydroxylation is 1. The number of aromatic nitrogens is 2. The second-order valence-corrected chi connectivity index (χ2v) is 4.73. The summed E-state index contributed by atoms with van der Waals surface area (Å²) in [4.78, 5) is 12.6. The molecular weight excluding hydrogens is 258 g/mol. The van der Waals surface area contributed by atoms with E-state index in [-0.39, 0.29) is 17.1 Å². The van der Waals surface area contributed by atoms with Crippen molar-refractivity contribution in [2.45, 2.75) is 4.90 Å². The standard InChI is InChI=1S/C12H10F2N2OS/c1-16-6-9(5-15-16)18-7-12(17)10-3-2-8(13)4-11(10)14/h2-6H,7H2,1H3. The van der Waals surface area contributed by atoms with Gasteiger partial charge >= 0.3 is 0 Å². The first-order valence-electron chi connectivity index (χ1n) is 5.16. The maximum atomic E-state index is 13.3. The van der Waals surface area contributed by atoms with Crippen LogP contribution in [0.5, 0.6) is 0 Å². The molecule has 0 N–H and O–H groups in total. The minimum Gasteiger partial charge on any atom is -0.293 e. The third-order valence-electron chi connectivity index (χ3n) is 2.28. The molecule has 0 amide bonds. The normalized spacial score (nSPS) is 10.6. The third-order valence-corrected chi connectivity index (χ3v) is 3.23. The summed E-state index contributed by atoms with van der Waals surface area (Å²) >= 11 is 1.26. The molecule has 0 saturated heterocycles. The van der Waals surface area contributed by atoms with E-state index < -0.39 is 11.6 Å². The van der Waals surface area contributed by atoms with E-state index in [1.165, 1.54) is 11.8 Å². The molecule has 2 aromatic rings. The van der Waals surface area contributed by atoms with Crippen molar-refractivity contribution in [2.75, 3.05) is 5.75 Å². The van der Waals surface area contributed by atoms with Gasteiger partial charge in [0.05, 0.1) is 17.5 Å². The summed E-state index contributed by atoms with van der Waals surface area (Å²) in [5.41, 5.74) is -0.0900. The van der Waals surface area contributed by atoms with Crippen LogP contribution in [0, 0.1) is 11.6 Å². The van der Waals surface area contributed by atoms with Crippen molar-refractivity contribution in [3.8, 4) is 0 Å². The average Bonchev–Trinajstić information content (AvgIpc) is 2.72. The summed E-state index contributed by atoms with van der Waals surface area (Å²) in [5.74, 6) is -1.80.